The molecule has 4 rings (SSSR count). The molecule has 44 heavy (non-hydrogen) atoms. The lowest BCUT2D eigenvalue weighted by molar-refractivity contribution is -0.146. The molecule has 1 saturated heterocycles. The zero-order valence-electron chi connectivity index (χ0n) is 25.2. The van der Waals surface area contributed by atoms with Crippen LogP contribution < -0.4 is 0 Å². The van der Waals surface area contributed by atoms with Crippen LogP contribution in [-0.2, 0) is 31.5 Å². The molecule has 2 aromatic carbocycles. The summed E-state index contributed by atoms with van der Waals surface area (Å²) in [6.07, 6.45) is 0.483. The zero-order valence-corrected chi connectivity index (χ0v) is 28.3. The first-order chi connectivity index (χ1) is 20.4. The van der Waals surface area contributed by atoms with Crippen molar-refractivity contribution in [3.63, 3.8) is 0 Å². The maximum Gasteiger partial charge on any atom is 0.407 e. The summed E-state index contributed by atoms with van der Waals surface area (Å²) in [7, 11) is 0.194. The maximum atomic E-state index is 14.0. The van der Waals surface area contributed by atoms with Crippen LogP contribution in [0, 0.1) is 0 Å². The van der Waals surface area contributed by atoms with Crippen LogP contribution in [0.3, 0.4) is 0 Å². The van der Waals surface area contributed by atoms with Crippen LogP contribution in [0.4, 0.5) is 13.6 Å². The summed E-state index contributed by atoms with van der Waals surface area (Å²) in [5.41, 5.74) is 0.790. The maximum absolute atomic E-state index is 14.0. The van der Waals surface area contributed by atoms with Crippen molar-refractivity contribution in [2.45, 2.75) is 66.9 Å². The number of halogens is 5. The summed E-state index contributed by atoms with van der Waals surface area (Å²) in [4.78, 5) is 29.5. The number of carbonyl (C=O) groups excluding carboxylic acids is 1. The monoisotopic (exact) mass is 691 g/mol. The Hall–Kier alpha value is -1.98. The van der Waals surface area contributed by atoms with Gasteiger partial charge in [-0.2, -0.15) is 8.78 Å². The van der Waals surface area contributed by atoms with Crippen molar-refractivity contribution in [3.8, 4) is 0 Å². The minimum atomic E-state index is -4.14. The van der Waals surface area contributed by atoms with E-state index in [0.717, 1.165) is 16.0 Å². The molecule has 2 atom stereocenters. The highest BCUT2D eigenvalue weighted by Crippen LogP contribution is 2.47. The van der Waals surface area contributed by atoms with Crippen LogP contribution in [0.2, 0.25) is 10.0 Å². The van der Waals surface area contributed by atoms with Gasteiger partial charge in [-0.05, 0) is 100 Å². The Balaban J connectivity index is 1.69. The van der Waals surface area contributed by atoms with Crippen molar-refractivity contribution in [3.05, 3.63) is 69.2 Å². The third-order valence-electron chi connectivity index (χ3n) is 8.96. The van der Waals surface area contributed by atoms with E-state index in [2.05, 4.69) is 11.0 Å². The van der Waals surface area contributed by atoms with Crippen molar-refractivity contribution in [2.24, 2.45) is 0 Å². The number of likely N-dealkylation sites (tertiary alicyclic amines) is 1. The van der Waals surface area contributed by atoms with Gasteiger partial charge in [-0.1, -0.05) is 53.5 Å². The first-order valence-electron chi connectivity index (χ1n) is 14.4. The molecular weight excluding hydrogens is 655 g/mol. The number of fused-ring (bicyclic) bond motifs is 2. The molecule has 0 saturated carbocycles. The minimum absolute atomic E-state index is 0.121. The zero-order chi connectivity index (χ0) is 32.7. The Labute approximate surface area is 274 Å². The molecule has 0 bridgehead atoms. The van der Waals surface area contributed by atoms with E-state index in [1.165, 1.54) is 11.9 Å². The van der Waals surface area contributed by atoms with E-state index in [9.17, 15) is 27.7 Å². The quantitative estimate of drug-likeness (QED) is 0.288. The second-order valence-corrected chi connectivity index (χ2v) is 15.9. The van der Waals surface area contributed by atoms with E-state index in [1.807, 2.05) is 18.2 Å². The van der Waals surface area contributed by atoms with Gasteiger partial charge in [0.1, 0.15) is 0 Å². The Morgan fingerprint density at radius 2 is 1.68 bits per heavy atom. The fourth-order valence-corrected chi connectivity index (χ4v) is 8.83. The molecule has 2 heterocycles. The lowest BCUT2D eigenvalue weighted by Gasteiger charge is -2.46. The Bertz CT molecular complexity index is 1430. The van der Waals surface area contributed by atoms with Crippen LogP contribution in [-0.4, -0.2) is 86.7 Å². The molecule has 1 unspecified atom stereocenters. The predicted molar refractivity (Wildman–Crippen MR) is 171 cm³/mol. The largest absolute Gasteiger partial charge is 0.465 e. The summed E-state index contributed by atoms with van der Waals surface area (Å²) >= 11 is 17.8. The summed E-state index contributed by atoms with van der Waals surface area (Å²) in [6, 6.07) is 12.9. The number of rotatable bonds is 9. The van der Waals surface area contributed by atoms with Crippen molar-refractivity contribution in [1.82, 2.24) is 14.7 Å². The van der Waals surface area contributed by atoms with Gasteiger partial charge in [0.15, 0.2) is 0 Å². The van der Waals surface area contributed by atoms with E-state index in [-0.39, 0.29) is 23.1 Å². The van der Waals surface area contributed by atoms with Gasteiger partial charge in [0.05, 0.1) is 14.8 Å². The van der Waals surface area contributed by atoms with Gasteiger partial charge in [-0.3, -0.25) is 9.00 Å². The molecule has 0 aromatic heterocycles. The molecule has 2 amide bonds. The van der Waals surface area contributed by atoms with Crippen LogP contribution in [0.1, 0.15) is 56.7 Å². The van der Waals surface area contributed by atoms with Gasteiger partial charge in [0, 0.05) is 47.6 Å². The van der Waals surface area contributed by atoms with Gasteiger partial charge in [-0.15, -0.1) is 0 Å². The molecule has 2 aromatic rings. The second-order valence-electron chi connectivity index (χ2n) is 12.8. The van der Waals surface area contributed by atoms with Crippen LogP contribution >= 0.6 is 34.8 Å². The SMILES string of the molecule is CN(CC(CCN1CCC2(CC1)c1ccccc1C[S@]2=O)(CN(C(=O)O)C(C)(C)C)c1ccc(Cl)c(Cl)c1)C(=O)C(F)(F)Cl. The Kier molecular flexibility index (Phi) is 10.3. The molecule has 1 fully saturated rings. The summed E-state index contributed by atoms with van der Waals surface area (Å²) in [6.45, 7) is 6.60. The fourth-order valence-electron chi connectivity index (χ4n) is 6.50. The number of benzene rings is 2. The standard InChI is InChI=1S/C31H38Cl3F2N3O4S/c1-28(2,3)39(27(41)42)20-29(19-37(4)26(40)31(34,35)36,22-9-10-24(32)25(33)17-22)11-14-38-15-12-30(13-16-38)23-8-6-5-7-21(23)18-44(30)43/h5-10,17H,11-16,18-20H2,1-4H3,(H,41,42)/t29?,44-/m1/s1. The van der Waals surface area contributed by atoms with E-state index < -0.39 is 43.9 Å². The Morgan fingerprint density at radius 3 is 2.25 bits per heavy atom. The highest BCUT2D eigenvalue weighted by molar-refractivity contribution is 7.85. The summed E-state index contributed by atoms with van der Waals surface area (Å²) < 4.78 is 40.9. The van der Waals surface area contributed by atoms with Gasteiger partial charge in [-0.25, -0.2) is 4.79 Å². The molecule has 242 valence electrons. The highest BCUT2D eigenvalue weighted by Gasteiger charge is 2.48. The van der Waals surface area contributed by atoms with Gasteiger partial charge < -0.3 is 19.8 Å². The number of hydrogen-bond donors (Lipinski definition) is 1. The lowest BCUT2D eigenvalue weighted by atomic mass is 9.75. The number of carboxylic acid groups (broad SMARTS) is 1. The second kappa shape index (κ2) is 13.0. The topological polar surface area (TPSA) is 81.2 Å². The fraction of sp³-hybridized carbons (Fsp3) is 0.548. The number of hydrogen-bond acceptors (Lipinski definition) is 4. The van der Waals surface area contributed by atoms with Crippen molar-refractivity contribution in [1.29, 1.82) is 0 Å². The van der Waals surface area contributed by atoms with Gasteiger partial charge >= 0.3 is 17.4 Å². The number of nitrogens with zero attached hydrogens (tertiary/aromatic N) is 3. The van der Waals surface area contributed by atoms with Crippen molar-refractivity contribution < 1.29 is 27.7 Å². The first-order valence-corrected chi connectivity index (χ1v) is 16.8. The van der Waals surface area contributed by atoms with Crippen LogP contribution in [0.15, 0.2) is 42.5 Å². The summed E-state index contributed by atoms with van der Waals surface area (Å²) in [5.74, 6) is -1.05. The number of amides is 2. The molecule has 2 aliphatic rings. The molecule has 0 radical (unpaired) electrons. The summed E-state index contributed by atoms with van der Waals surface area (Å²) in [5, 5.41) is 6.60. The molecule has 0 aliphatic carbocycles. The highest BCUT2D eigenvalue weighted by atomic mass is 35.5. The van der Waals surface area contributed by atoms with Crippen LogP contribution in [0.5, 0.6) is 0 Å². The number of likely N-dealkylation sites (N-methyl/N-ethyl adjacent to an activating group) is 1. The first kappa shape index (κ1) is 34.9. The van der Waals surface area contributed by atoms with Gasteiger partial charge in [0.25, 0.3) is 0 Å². The molecule has 2 aliphatic heterocycles. The van der Waals surface area contributed by atoms with Crippen molar-refractivity contribution in [2.75, 3.05) is 39.8 Å². The van der Waals surface area contributed by atoms with E-state index >= 15 is 0 Å². The van der Waals surface area contributed by atoms with Crippen molar-refractivity contribution >= 4 is 57.6 Å². The predicted octanol–water partition coefficient (Wildman–Crippen LogP) is 6.94. The third-order valence-corrected chi connectivity index (χ3v) is 11.9. The number of carbonyl (C=O) groups is 2. The molecule has 1 spiro atoms. The smallest absolute Gasteiger partial charge is 0.407 e. The third kappa shape index (κ3) is 7.20. The molecule has 1 N–H and O–H groups in total. The average molecular weight is 693 g/mol. The lowest BCUT2D eigenvalue weighted by Crippen LogP contribution is -2.57. The Morgan fingerprint density at radius 1 is 1.05 bits per heavy atom. The normalized spacial score (nSPS) is 19.8. The van der Waals surface area contributed by atoms with E-state index in [0.29, 0.717) is 50.2 Å². The average Bonchev–Trinajstić information content (AvgIpc) is 3.21. The molecule has 7 nitrogen and oxygen atoms in total. The van der Waals surface area contributed by atoms with Crippen LogP contribution in [0.25, 0.3) is 0 Å². The molecular formula is C31H38Cl3F2N3O4S. The van der Waals surface area contributed by atoms with E-state index in [1.54, 1.807) is 39.0 Å². The number of piperidine rings is 1. The minimum Gasteiger partial charge on any atom is -0.465 e. The molecule has 13 heteroatoms. The van der Waals surface area contributed by atoms with E-state index in [4.69, 9.17) is 34.8 Å². The number of alkyl halides is 3. The van der Waals surface area contributed by atoms with Gasteiger partial charge in [0.2, 0.25) is 0 Å².